The van der Waals surface area contributed by atoms with Gasteiger partial charge < -0.3 is 5.32 Å². The molecule has 0 bridgehead atoms. The molecule has 1 aromatic carbocycles. The van der Waals surface area contributed by atoms with E-state index in [2.05, 4.69) is 24.4 Å². The van der Waals surface area contributed by atoms with E-state index in [1.165, 1.54) is 5.56 Å². The van der Waals surface area contributed by atoms with Crippen molar-refractivity contribution in [2.24, 2.45) is 5.14 Å². The molecule has 0 aliphatic rings. The molecule has 0 aliphatic carbocycles. The highest BCUT2D eigenvalue weighted by atomic mass is 32.2. The zero-order valence-corrected chi connectivity index (χ0v) is 13.4. The van der Waals surface area contributed by atoms with E-state index in [-0.39, 0.29) is 17.6 Å². The van der Waals surface area contributed by atoms with Crippen LogP contribution in [0.25, 0.3) is 0 Å². The van der Waals surface area contributed by atoms with Crippen molar-refractivity contribution in [3.05, 3.63) is 35.4 Å². The minimum absolute atomic E-state index is 0.0585. The summed E-state index contributed by atoms with van der Waals surface area (Å²) in [4.78, 5) is 11.9. The number of carbonyl (C=O) groups excluding carboxylic acids is 1. The molecular weight excluding hydrogens is 288 g/mol. The Balaban J connectivity index is 2.42. The largest absolute Gasteiger partial charge is 0.356 e. The lowest BCUT2D eigenvalue weighted by atomic mass is 9.92. The molecule has 1 amide bonds. The number of nitrogens with two attached hydrogens (primary N) is 1. The number of nitrogens with one attached hydrogen (secondary N) is 1. The van der Waals surface area contributed by atoms with Gasteiger partial charge in [0.15, 0.2) is 0 Å². The number of amides is 1. The van der Waals surface area contributed by atoms with Crippen molar-refractivity contribution < 1.29 is 13.2 Å². The molecule has 21 heavy (non-hydrogen) atoms. The highest BCUT2D eigenvalue weighted by Crippen LogP contribution is 2.23. The SMILES string of the molecule is CC[C@H](CC(=O)NCCCS(N)(=O)=O)c1ccc(C)cc1. The van der Waals surface area contributed by atoms with Gasteiger partial charge in [-0.2, -0.15) is 0 Å². The number of carbonyl (C=O) groups is 1. The fourth-order valence-electron chi connectivity index (χ4n) is 2.13. The Morgan fingerprint density at radius 1 is 1.29 bits per heavy atom. The number of rotatable bonds is 8. The third kappa shape index (κ3) is 7.24. The van der Waals surface area contributed by atoms with Gasteiger partial charge in [0.05, 0.1) is 5.75 Å². The zero-order chi connectivity index (χ0) is 15.9. The smallest absolute Gasteiger partial charge is 0.220 e. The van der Waals surface area contributed by atoms with E-state index < -0.39 is 10.0 Å². The highest BCUT2D eigenvalue weighted by Gasteiger charge is 2.14. The Kier molecular flexibility index (Phi) is 6.84. The normalized spacial score (nSPS) is 12.9. The summed E-state index contributed by atoms with van der Waals surface area (Å²) in [6, 6.07) is 8.19. The first-order valence-electron chi connectivity index (χ1n) is 7.15. The van der Waals surface area contributed by atoms with Gasteiger partial charge in [0, 0.05) is 13.0 Å². The van der Waals surface area contributed by atoms with Gasteiger partial charge in [-0.25, -0.2) is 13.6 Å². The van der Waals surface area contributed by atoms with Gasteiger partial charge in [-0.3, -0.25) is 4.79 Å². The van der Waals surface area contributed by atoms with Crippen molar-refractivity contribution in [3.8, 4) is 0 Å². The Labute approximate surface area is 127 Å². The first-order valence-corrected chi connectivity index (χ1v) is 8.87. The summed E-state index contributed by atoms with van der Waals surface area (Å²) in [6.45, 7) is 4.42. The van der Waals surface area contributed by atoms with Crippen LogP contribution in [0, 0.1) is 6.92 Å². The second kappa shape index (κ2) is 8.14. The summed E-state index contributed by atoms with van der Waals surface area (Å²) in [7, 11) is -3.45. The van der Waals surface area contributed by atoms with Crippen LogP contribution in [0.15, 0.2) is 24.3 Å². The van der Waals surface area contributed by atoms with Crippen LogP contribution >= 0.6 is 0 Å². The van der Waals surface area contributed by atoms with Crippen molar-refractivity contribution in [1.29, 1.82) is 0 Å². The maximum atomic E-state index is 11.9. The molecule has 1 aromatic rings. The van der Waals surface area contributed by atoms with Crippen molar-refractivity contribution in [2.75, 3.05) is 12.3 Å². The van der Waals surface area contributed by atoms with E-state index in [0.717, 1.165) is 12.0 Å². The van der Waals surface area contributed by atoms with Crippen LogP contribution in [0.5, 0.6) is 0 Å². The van der Waals surface area contributed by atoms with Crippen molar-refractivity contribution in [3.63, 3.8) is 0 Å². The fourth-order valence-corrected chi connectivity index (χ4v) is 2.68. The second-order valence-electron chi connectivity index (χ2n) is 5.29. The lowest BCUT2D eigenvalue weighted by molar-refractivity contribution is -0.121. The van der Waals surface area contributed by atoms with Crippen LogP contribution in [0.3, 0.4) is 0 Å². The molecule has 0 aliphatic heterocycles. The maximum absolute atomic E-state index is 11.9. The molecule has 6 heteroatoms. The molecule has 1 atom stereocenters. The molecule has 1 rings (SSSR count). The summed E-state index contributed by atoms with van der Waals surface area (Å²) < 4.78 is 21.6. The van der Waals surface area contributed by atoms with E-state index in [9.17, 15) is 13.2 Å². The molecule has 118 valence electrons. The van der Waals surface area contributed by atoms with Crippen LogP contribution in [-0.4, -0.2) is 26.6 Å². The van der Waals surface area contributed by atoms with Gasteiger partial charge in [-0.1, -0.05) is 36.8 Å². The van der Waals surface area contributed by atoms with Crippen LogP contribution in [0.1, 0.15) is 43.2 Å². The topological polar surface area (TPSA) is 89.3 Å². The molecule has 0 heterocycles. The molecule has 3 N–H and O–H groups in total. The van der Waals surface area contributed by atoms with Gasteiger partial charge >= 0.3 is 0 Å². The van der Waals surface area contributed by atoms with Crippen LogP contribution in [-0.2, 0) is 14.8 Å². The van der Waals surface area contributed by atoms with Crippen LogP contribution in [0.2, 0.25) is 0 Å². The maximum Gasteiger partial charge on any atom is 0.220 e. The standard InChI is InChI=1S/C15H24N2O3S/c1-3-13(14-7-5-12(2)6-8-14)11-15(18)17-9-4-10-21(16,19)20/h5-8,13H,3-4,9-11H2,1-2H3,(H,17,18)(H2,16,19,20)/t13-/m1/s1. The third-order valence-electron chi connectivity index (χ3n) is 3.40. The molecule has 0 saturated carbocycles. The quantitative estimate of drug-likeness (QED) is 0.716. The molecular formula is C15H24N2O3S. The van der Waals surface area contributed by atoms with E-state index in [1.54, 1.807) is 0 Å². The molecule has 0 fully saturated rings. The number of sulfonamides is 1. The van der Waals surface area contributed by atoms with E-state index in [1.807, 2.05) is 19.1 Å². The first kappa shape index (κ1) is 17.7. The Morgan fingerprint density at radius 3 is 2.43 bits per heavy atom. The predicted molar refractivity (Wildman–Crippen MR) is 84.4 cm³/mol. The summed E-state index contributed by atoms with van der Waals surface area (Å²) in [6.07, 6.45) is 1.63. The second-order valence-corrected chi connectivity index (χ2v) is 7.02. The Morgan fingerprint density at radius 2 is 1.90 bits per heavy atom. The summed E-state index contributed by atoms with van der Waals surface area (Å²) in [5.41, 5.74) is 2.35. The summed E-state index contributed by atoms with van der Waals surface area (Å²) in [5.74, 6) is 0.0170. The van der Waals surface area contributed by atoms with Crippen molar-refractivity contribution in [2.45, 2.75) is 39.0 Å². The van der Waals surface area contributed by atoms with Gasteiger partial charge in [0.1, 0.15) is 0 Å². The lowest BCUT2D eigenvalue weighted by Gasteiger charge is -2.15. The average Bonchev–Trinajstić information content (AvgIpc) is 2.41. The van der Waals surface area contributed by atoms with Crippen LogP contribution < -0.4 is 10.5 Å². The fraction of sp³-hybridized carbons (Fsp3) is 0.533. The van der Waals surface area contributed by atoms with Crippen LogP contribution in [0.4, 0.5) is 0 Å². The molecule has 5 nitrogen and oxygen atoms in total. The van der Waals surface area contributed by atoms with E-state index >= 15 is 0 Å². The number of benzene rings is 1. The van der Waals surface area contributed by atoms with E-state index in [4.69, 9.17) is 5.14 Å². The number of primary sulfonamides is 1. The molecule has 0 saturated heterocycles. The third-order valence-corrected chi connectivity index (χ3v) is 4.26. The van der Waals surface area contributed by atoms with Crippen molar-refractivity contribution in [1.82, 2.24) is 5.32 Å². The zero-order valence-electron chi connectivity index (χ0n) is 12.6. The van der Waals surface area contributed by atoms with Crippen molar-refractivity contribution >= 4 is 15.9 Å². The average molecular weight is 312 g/mol. The molecule has 0 radical (unpaired) electrons. The van der Waals surface area contributed by atoms with Gasteiger partial charge in [-0.05, 0) is 31.2 Å². The summed E-state index contributed by atoms with van der Waals surface area (Å²) in [5, 5.41) is 7.64. The predicted octanol–water partition coefficient (Wildman–Crippen LogP) is 1.67. The first-order chi connectivity index (χ1) is 9.81. The highest BCUT2D eigenvalue weighted by molar-refractivity contribution is 7.89. The van der Waals surface area contributed by atoms with Gasteiger partial charge in [0.25, 0.3) is 0 Å². The monoisotopic (exact) mass is 312 g/mol. The molecule has 0 aromatic heterocycles. The minimum atomic E-state index is -3.45. The number of hydrogen-bond acceptors (Lipinski definition) is 3. The number of aryl methyl sites for hydroxylation is 1. The minimum Gasteiger partial charge on any atom is -0.356 e. The Bertz CT molecular complexity index is 553. The molecule has 0 unspecified atom stereocenters. The Hall–Kier alpha value is -1.40. The lowest BCUT2D eigenvalue weighted by Crippen LogP contribution is -2.28. The summed E-state index contributed by atoms with van der Waals surface area (Å²) >= 11 is 0. The van der Waals surface area contributed by atoms with Gasteiger partial charge in [-0.15, -0.1) is 0 Å². The molecule has 0 spiro atoms. The number of hydrogen-bond donors (Lipinski definition) is 2. The van der Waals surface area contributed by atoms with Gasteiger partial charge in [0.2, 0.25) is 15.9 Å². The van der Waals surface area contributed by atoms with E-state index in [0.29, 0.717) is 19.4 Å².